The van der Waals surface area contributed by atoms with E-state index in [0.29, 0.717) is 17.7 Å². The van der Waals surface area contributed by atoms with Gasteiger partial charge in [0.2, 0.25) is 0 Å². The molecule has 0 spiro atoms. The van der Waals surface area contributed by atoms with Crippen LogP contribution in [0.1, 0.15) is 44.8 Å². The highest BCUT2D eigenvalue weighted by Crippen LogP contribution is 2.38. The highest BCUT2D eigenvalue weighted by Gasteiger charge is 2.36. The summed E-state index contributed by atoms with van der Waals surface area (Å²) in [7, 11) is 0. The lowest BCUT2D eigenvalue weighted by atomic mass is 9.75. The van der Waals surface area contributed by atoms with E-state index >= 15 is 0 Å². The number of aryl methyl sites for hydroxylation is 2. The second kappa shape index (κ2) is 6.78. The number of hydrogen-bond donors (Lipinski definition) is 2. The molecule has 1 saturated carbocycles. The number of para-hydroxylation sites is 1. The number of thiazole rings is 1. The molecule has 6 heteroatoms. The summed E-state index contributed by atoms with van der Waals surface area (Å²) in [5.74, 6) is 0.110. The SMILES string of the molecule is Cc1nc(C)c(C(=O)N[C@@H](c2cnc3ccccc3c2)C2CC(O)C2)s1. The van der Waals surface area contributed by atoms with Gasteiger partial charge in [0.05, 0.1) is 28.4 Å². The van der Waals surface area contributed by atoms with Crippen LogP contribution >= 0.6 is 11.3 Å². The van der Waals surface area contributed by atoms with Crippen LogP contribution in [0, 0.1) is 19.8 Å². The van der Waals surface area contributed by atoms with E-state index in [1.807, 2.05) is 44.3 Å². The molecule has 1 amide bonds. The van der Waals surface area contributed by atoms with Gasteiger partial charge in [-0.25, -0.2) is 4.98 Å². The van der Waals surface area contributed by atoms with Crippen LogP contribution < -0.4 is 5.32 Å². The molecule has 3 aromatic rings. The molecule has 134 valence electrons. The molecule has 4 rings (SSSR count). The third-order valence-corrected chi connectivity index (χ3v) is 6.06. The van der Waals surface area contributed by atoms with Gasteiger partial charge < -0.3 is 10.4 Å². The Bertz CT molecular complexity index is 963. The van der Waals surface area contributed by atoms with Gasteiger partial charge in [-0.2, -0.15) is 0 Å². The first-order valence-electron chi connectivity index (χ1n) is 8.79. The fourth-order valence-electron chi connectivity index (χ4n) is 3.58. The molecule has 0 bridgehead atoms. The van der Waals surface area contributed by atoms with E-state index in [1.165, 1.54) is 11.3 Å². The maximum Gasteiger partial charge on any atom is 0.263 e. The van der Waals surface area contributed by atoms with E-state index in [0.717, 1.165) is 27.2 Å². The molecule has 0 aliphatic heterocycles. The van der Waals surface area contributed by atoms with Gasteiger partial charge >= 0.3 is 0 Å². The minimum Gasteiger partial charge on any atom is -0.393 e. The van der Waals surface area contributed by atoms with E-state index in [4.69, 9.17) is 0 Å². The Morgan fingerprint density at radius 2 is 2.08 bits per heavy atom. The molecule has 1 aromatic carbocycles. The van der Waals surface area contributed by atoms with Gasteiger partial charge in [-0.1, -0.05) is 18.2 Å². The van der Waals surface area contributed by atoms with Crippen molar-refractivity contribution in [1.82, 2.24) is 15.3 Å². The van der Waals surface area contributed by atoms with Gasteiger partial charge in [0.1, 0.15) is 4.88 Å². The number of hydrogen-bond acceptors (Lipinski definition) is 5. The summed E-state index contributed by atoms with van der Waals surface area (Å²) in [5.41, 5.74) is 2.67. The Hall–Kier alpha value is -2.31. The summed E-state index contributed by atoms with van der Waals surface area (Å²) in [6, 6.07) is 9.87. The molecule has 2 N–H and O–H groups in total. The van der Waals surface area contributed by atoms with Gasteiger partial charge in [0.15, 0.2) is 0 Å². The average molecular weight is 367 g/mol. The lowest BCUT2D eigenvalue weighted by Crippen LogP contribution is -2.41. The molecule has 1 aliphatic rings. The van der Waals surface area contributed by atoms with Crippen molar-refractivity contribution in [1.29, 1.82) is 0 Å². The lowest BCUT2D eigenvalue weighted by molar-refractivity contribution is 0.0235. The van der Waals surface area contributed by atoms with Crippen LogP contribution in [-0.4, -0.2) is 27.1 Å². The number of amides is 1. The zero-order chi connectivity index (χ0) is 18.3. The van der Waals surface area contributed by atoms with Gasteiger partial charge in [0.25, 0.3) is 5.91 Å². The van der Waals surface area contributed by atoms with Crippen molar-refractivity contribution < 1.29 is 9.90 Å². The Balaban J connectivity index is 1.65. The highest BCUT2D eigenvalue weighted by molar-refractivity contribution is 7.13. The second-order valence-corrected chi connectivity index (χ2v) is 8.15. The minimum absolute atomic E-state index is 0.104. The molecule has 2 heterocycles. The molecular weight excluding hydrogens is 346 g/mol. The summed E-state index contributed by atoms with van der Waals surface area (Å²) in [6.07, 6.45) is 2.94. The number of nitrogens with one attached hydrogen (secondary N) is 1. The summed E-state index contributed by atoms with van der Waals surface area (Å²) in [4.78, 5) is 22.4. The van der Waals surface area contributed by atoms with Crippen molar-refractivity contribution in [3.05, 3.63) is 57.7 Å². The third kappa shape index (κ3) is 3.22. The Morgan fingerprint density at radius 3 is 2.77 bits per heavy atom. The number of fused-ring (bicyclic) bond motifs is 1. The number of nitrogens with zero attached hydrogens (tertiary/aromatic N) is 2. The Kier molecular flexibility index (Phi) is 4.46. The van der Waals surface area contributed by atoms with Crippen LogP contribution in [0.15, 0.2) is 36.5 Å². The average Bonchev–Trinajstić information content (AvgIpc) is 2.95. The van der Waals surface area contributed by atoms with E-state index in [1.54, 1.807) is 0 Å². The van der Waals surface area contributed by atoms with Crippen molar-refractivity contribution in [2.75, 3.05) is 0 Å². The maximum atomic E-state index is 12.8. The molecule has 0 saturated heterocycles. The third-order valence-electron chi connectivity index (χ3n) is 4.99. The Morgan fingerprint density at radius 1 is 1.31 bits per heavy atom. The summed E-state index contributed by atoms with van der Waals surface area (Å²) in [6.45, 7) is 3.76. The molecule has 0 unspecified atom stereocenters. The van der Waals surface area contributed by atoms with Gasteiger partial charge in [0, 0.05) is 11.6 Å². The molecule has 0 radical (unpaired) electrons. The number of carbonyl (C=O) groups excluding carboxylic acids is 1. The number of aliphatic hydroxyl groups is 1. The predicted molar refractivity (Wildman–Crippen MR) is 102 cm³/mol. The van der Waals surface area contributed by atoms with Gasteiger partial charge in [-0.05, 0) is 50.3 Å². The maximum absolute atomic E-state index is 12.8. The van der Waals surface area contributed by atoms with E-state index in [2.05, 4.69) is 21.4 Å². The predicted octanol–water partition coefficient (Wildman–Crippen LogP) is 3.55. The van der Waals surface area contributed by atoms with Gasteiger partial charge in [-0.3, -0.25) is 9.78 Å². The zero-order valence-corrected chi connectivity index (χ0v) is 15.6. The molecule has 26 heavy (non-hydrogen) atoms. The minimum atomic E-state index is -0.278. The van der Waals surface area contributed by atoms with E-state index in [-0.39, 0.29) is 24.0 Å². The number of aliphatic hydroxyl groups excluding tert-OH is 1. The van der Waals surface area contributed by atoms with Crippen LogP contribution in [0.2, 0.25) is 0 Å². The van der Waals surface area contributed by atoms with Crippen LogP contribution in [0.3, 0.4) is 0 Å². The van der Waals surface area contributed by atoms with Crippen LogP contribution in [0.25, 0.3) is 10.9 Å². The van der Waals surface area contributed by atoms with Crippen LogP contribution in [0.5, 0.6) is 0 Å². The monoisotopic (exact) mass is 367 g/mol. The molecule has 1 atom stereocenters. The number of rotatable bonds is 4. The van der Waals surface area contributed by atoms with Crippen LogP contribution in [0.4, 0.5) is 0 Å². The summed E-state index contributed by atoms with van der Waals surface area (Å²) >= 11 is 1.41. The highest BCUT2D eigenvalue weighted by atomic mass is 32.1. The quantitative estimate of drug-likeness (QED) is 0.739. The van der Waals surface area contributed by atoms with E-state index in [9.17, 15) is 9.90 Å². The molecule has 1 fully saturated rings. The Labute approximate surface area is 156 Å². The summed E-state index contributed by atoms with van der Waals surface area (Å²) < 4.78 is 0. The van der Waals surface area contributed by atoms with Crippen LogP contribution in [-0.2, 0) is 0 Å². The molecule has 5 nitrogen and oxygen atoms in total. The smallest absolute Gasteiger partial charge is 0.263 e. The largest absolute Gasteiger partial charge is 0.393 e. The molecule has 2 aromatic heterocycles. The molecular formula is C20H21N3O2S. The number of aromatic nitrogens is 2. The topological polar surface area (TPSA) is 75.1 Å². The van der Waals surface area contributed by atoms with Crippen molar-refractivity contribution in [2.45, 2.75) is 38.8 Å². The number of carbonyl (C=O) groups is 1. The zero-order valence-electron chi connectivity index (χ0n) is 14.8. The molecule has 1 aliphatic carbocycles. The first kappa shape index (κ1) is 17.1. The normalized spacial score (nSPS) is 20.6. The first-order chi connectivity index (χ1) is 12.5. The standard InChI is InChI=1S/C20H21N3O2S/c1-11-19(26-12(2)22-11)20(25)23-18(14-8-16(24)9-14)15-7-13-5-3-4-6-17(13)21-10-15/h3-7,10,14,16,18,24H,8-9H2,1-2H3,(H,23,25)/t14?,16?,18-/m1/s1. The number of benzene rings is 1. The first-order valence-corrected chi connectivity index (χ1v) is 9.60. The number of pyridine rings is 1. The second-order valence-electron chi connectivity index (χ2n) is 6.95. The van der Waals surface area contributed by atoms with Crippen molar-refractivity contribution in [3.63, 3.8) is 0 Å². The van der Waals surface area contributed by atoms with Crippen molar-refractivity contribution in [3.8, 4) is 0 Å². The summed E-state index contributed by atoms with van der Waals surface area (Å²) in [5, 5.41) is 14.9. The van der Waals surface area contributed by atoms with Gasteiger partial charge in [-0.15, -0.1) is 11.3 Å². The van der Waals surface area contributed by atoms with Crippen molar-refractivity contribution >= 4 is 28.1 Å². The van der Waals surface area contributed by atoms with Crippen molar-refractivity contribution in [2.24, 2.45) is 5.92 Å². The lowest BCUT2D eigenvalue weighted by Gasteiger charge is -2.38. The fraction of sp³-hybridized carbons (Fsp3) is 0.350. The fourth-order valence-corrected chi connectivity index (χ4v) is 4.41. The van der Waals surface area contributed by atoms with E-state index < -0.39 is 0 Å².